The predicted molar refractivity (Wildman–Crippen MR) is 104 cm³/mol. The van der Waals surface area contributed by atoms with Crippen LogP contribution in [0.3, 0.4) is 0 Å². The number of benzene rings is 2. The standard InChI is InChI=1S/C19H14Br2N2O2/c20-13-6-7-19(16(21)10-13)25-12-18(24)15-11-23(9-3-8-22)17-5-2-1-4-14(15)17/h1-2,4-7,10-11H,3,9,12H2. The van der Waals surface area contributed by atoms with Crippen molar-refractivity contribution >= 4 is 48.5 Å². The highest BCUT2D eigenvalue weighted by atomic mass is 79.9. The van der Waals surface area contributed by atoms with E-state index in [1.807, 2.05) is 47.2 Å². The summed E-state index contributed by atoms with van der Waals surface area (Å²) in [5.74, 6) is 0.520. The second kappa shape index (κ2) is 7.85. The minimum absolute atomic E-state index is 0.0491. The van der Waals surface area contributed by atoms with Crippen LogP contribution in [0.25, 0.3) is 10.9 Å². The van der Waals surface area contributed by atoms with Crippen LogP contribution >= 0.6 is 31.9 Å². The third-order valence-electron chi connectivity index (χ3n) is 3.81. The van der Waals surface area contributed by atoms with Gasteiger partial charge < -0.3 is 9.30 Å². The summed E-state index contributed by atoms with van der Waals surface area (Å²) in [6.07, 6.45) is 2.21. The number of para-hydroxylation sites is 1. The van der Waals surface area contributed by atoms with Crippen LogP contribution in [-0.4, -0.2) is 17.0 Å². The summed E-state index contributed by atoms with van der Waals surface area (Å²) in [7, 11) is 0. The van der Waals surface area contributed by atoms with Crippen molar-refractivity contribution in [3.05, 3.63) is 63.2 Å². The van der Waals surface area contributed by atoms with Crippen molar-refractivity contribution in [3.8, 4) is 11.8 Å². The smallest absolute Gasteiger partial charge is 0.202 e. The molecule has 0 saturated heterocycles. The van der Waals surface area contributed by atoms with Gasteiger partial charge in [-0.3, -0.25) is 4.79 Å². The first-order valence-electron chi connectivity index (χ1n) is 7.66. The number of hydrogen-bond donors (Lipinski definition) is 0. The molecule has 126 valence electrons. The Kier molecular flexibility index (Phi) is 5.57. The molecule has 0 spiro atoms. The maximum Gasteiger partial charge on any atom is 0.202 e. The Hall–Kier alpha value is -2.10. The Morgan fingerprint density at radius 3 is 2.76 bits per heavy atom. The average molecular weight is 462 g/mol. The van der Waals surface area contributed by atoms with Gasteiger partial charge in [0, 0.05) is 33.7 Å². The van der Waals surface area contributed by atoms with E-state index in [2.05, 4.69) is 37.9 Å². The summed E-state index contributed by atoms with van der Waals surface area (Å²) in [5, 5.41) is 9.69. The van der Waals surface area contributed by atoms with E-state index < -0.39 is 0 Å². The van der Waals surface area contributed by atoms with E-state index in [1.165, 1.54) is 0 Å². The Balaban J connectivity index is 1.83. The summed E-state index contributed by atoms with van der Waals surface area (Å²) < 4.78 is 9.33. The summed E-state index contributed by atoms with van der Waals surface area (Å²) in [6, 6.07) is 15.4. The molecule has 0 bridgehead atoms. The summed E-state index contributed by atoms with van der Waals surface area (Å²) in [4.78, 5) is 12.7. The monoisotopic (exact) mass is 460 g/mol. The van der Waals surface area contributed by atoms with E-state index in [4.69, 9.17) is 10.00 Å². The number of ketones is 1. The molecule has 0 unspecified atom stereocenters. The number of carbonyl (C=O) groups excluding carboxylic acids is 1. The zero-order valence-electron chi connectivity index (χ0n) is 13.2. The molecule has 0 atom stereocenters. The first-order chi connectivity index (χ1) is 12.1. The van der Waals surface area contributed by atoms with Crippen LogP contribution in [0, 0.1) is 11.3 Å². The number of ether oxygens (including phenoxy) is 1. The molecule has 0 saturated carbocycles. The largest absolute Gasteiger partial charge is 0.484 e. The minimum Gasteiger partial charge on any atom is -0.484 e. The SMILES string of the molecule is N#CCCn1cc(C(=O)COc2ccc(Br)cc2Br)c2ccccc21. The molecule has 0 aliphatic carbocycles. The van der Waals surface area contributed by atoms with Gasteiger partial charge >= 0.3 is 0 Å². The molecule has 1 aromatic heterocycles. The number of hydrogen-bond acceptors (Lipinski definition) is 3. The lowest BCUT2D eigenvalue weighted by atomic mass is 10.1. The third kappa shape index (κ3) is 3.94. The number of carbonyl (C=O) groups is 1. The number of rotatable bonds is 6. The topological polar surface area (TPSA) is 55.0 Å². The van der Waals surface area contributed by atoms with E-state index in [0.29, 0.717) is 24.3 Å². The van der Waals surface area contributed by atoms with Gasteiger partial charge in [0.2, 0.25) is 5.78 Å². The molecule has 6 heteroatoms. The lowest BCUT2D eigenvalue weighted by Gasteiger charge is -2.07. The van der Waals surface area contributed by atoms with Crippen LogP contribution in [0.2, 0.25) is 0 Å². The quantitative estimate of drug-likeness (QED) is 0.465. The van der Waals surface area contributed by atoms with Crippen molar-refractivity contribution in [1.29, 1.82) is 5.26 Å². The van der Waals surface area contributed by atoms with Crippen LogP contribution in [0.1, 0.15) is 16.8 Å². The molecule has 2 aromatic carbocycles. The number of fused-ring (bicyclic) bond motifs is 1. The summed E-state index contributed by atoms with van der Waals surface area (Å²) >= 11 is 6.81. The Bertz CT molecular complexity index is 973. The van der Waals surface area contributed by atoms with Crippen LogP contribution < -0.4 is 4.74 Å². The van der Waals surface area contributed by atoms with Gasteiger partial charge in [-0.05, 0) is 40.2 Å². The number of aryl methyl sites for hydroxylation is 1. The molecule has 0 N–H and O–H groups in total. The molecule has 0 aliphatic heterocycles. The fourth-order valence-corrected chi connectivity index (χ4v) is 3.80. The Morgan fingerprint density at radius 2 is 2.00 bits per heavy atom. The Morgan fingerprint density at radius 1 is 1.20 bits per heavy atom. The van der Waals surface area contributed by atoms with Crippen molar-refractivity contribution in [2.24, 2.45) is 0 Å². The highest BCUT2D eigenvalue weighted by molar-refractivity contribution is 9.11. The molecule has 25 heavy (non-hydrogen) atoms. The first kappa shape index (κ1) is 17.7. The van der Waals surface area contributed by atoms with Gasteiger partial charge in [-0.15, -0.1) is 0 Å². The highest BCUT2D eigenvalue weighted by Crippen LogP contribution is 2.29. The molecular weight excluding hydrogens is 448 g/mol. The number of nitrogens with zero attached hydrogens (tertiary/aromatic N) is 2. The molecule has 1 heterocycles. The van der Waals surface area contributed by atoms with Gasteiger partial charge in [-0.2, -0.15) is 5.26 Å². The zero-order valence-corrected chi connectivity index (χ0v) is 16.4. The second-order valence-electron chi connectivity index (χ2n) is 5.45. The van der Waals surface area contributed by atoms with Crippen molar-refractivity contribution < 1.29 is 9.53 Å². The number of nitriles is 1. The molecule has 0 radical (unpaired) electrons. The molecule has 0 fully saturated rings. The van der Waals surface area contributed by atoms with Crippen molar-refractivity contribution in [2.75, 3.05) is 6.61 Å². The molecular formula is C19H14Br2N2O2. The molecule has 0 aliphatic rings. The number of Topliss-reactive ketones (excluding diaryl/α,β-unsaturated/α-hetero) is 1. The zero-order chi connectivity index (χ0) is 17.8. The van der Waals surface area contributed by atoms with Gasteiger partial charge in [0.05, 0.1) is 17.0 Å². The lowest BCUT2D eigenvalue weighted by molar-refractivity contribution is 0.0922. The number of aromatic nitrogens is 1. The van der Waals surface area contributed by atoms with Crippen LogP contribution in [0.15, 0.2) is 57.6 Å². The van der Waals surface area contributed by atoms with Gasteiger partial charge in [-0.25, -0.2) is 0 Å². The van der Waals surface area contributed by atoms with Crippen LogP contribution in [0.5, 0.6) is 5.75 Å². The molecule has 3 rings (SSSR count). The Labute approximate surface area is 162 Å². The van der Waals surface area contributed by atoms with E-state index in [-0.39, 0.29) is 12.4 Å². The molecule has 0 amide bonds. The maximum atomic E-state index is 12.7. The predicted octanol–water partition coefficient (Wildman–Crippen LogP) is 5.34. The summed E-state index contributed by atoms with van der Waals surface area (Å²) in [6.45, 7) is 0.510. The van der Waals surface area contributed by atoms with E-state index in [9.17, 15) is 4.79 Å². The molecule has 3 aromatic rings. The van der Waals surface area contributed by atoms with E-state index in [0.717, 1.165) is 19.8 Å². The fourth-order valence-electron chi connectivity index (χ4n) is 2.64. The van der Waals surface area contributed by atoms with Crippen molar-refractivity contribution in [2.45, 2.75) is 13.0 Å². The van der Waals surface area contributed by atoms with Crippen molar-refractivity contribution in [1.82, 2.24) is 4.57 Å². The van der Waals surface area contributed by atoms with E-state index >= 15 is 0 Å². The first-order valence-corrected chi connectivity index (χ1v) is 9.24. The van der Waals surface area contributed by atoms with Crippen LogP contribution in [-0.2, 0) is 6.54 Å². The van der Waals surface area contributed by atoms with Gasteiger partial charge in [0.15, 0.2) is 6.61 Å². The molecule has 4 nitrogen and oxygen atoms in total. The van der Waals surface area contributed by atoms with Gasteiger partial charge in [0.25, 0.3) is 0 Å². The van der Waals surface area contributed by atoms with Crippen LogP contribution in [0.4, 0.5) is 0 Å². The third-order valence-corrected chi connectivity index (χ3v) is 4.92. The van der Waals surface area contributed by atoms with E-state index in [1.54, 1.807) is 6.07 Å². The highest BCUT2D eigenvalue weighted by Gasteiger charge is 2.16. The van der Waals surface area contributed by atoms with Crippen molar-refractivity contribution in [3.63, 3.8) is 0 Å². The maximum absolute atomic E-state index is 12.7. The number of halogens is 2. The second-order valence-corrected chi connectivity index (χ2v) is 7.22. The fraction of sp³-hybridized carbons (Fsp3) is 0.158. The minimum atomic E-state index is -0.0956. The summed E-state index contributed by atoms with van der Waals surface area (Å²) in [5.41, 5.74) is 1.56. The van der Waals surface area contributed by atoms with Gasteiger partial charge in [-0.1, -0.05) is 34.1 Å². The lowest BCUT2D eigenvalue weighted by Crippen LogP contribution is -2.11. The normalized spacial score (nSPS) is 10.6. The average Bonchev–Trinajstić information content (AvgIpc) is 2.98. The van der Waals surface area contributed by atoms with Gasteiger partial charge in [0.1, 0.15) is 5.75 Å².